The van der Waals surface area contributed by atoms with Crippen LogP contribution in [0, 0.1) is 11.3 Å². The fraction of sp³-hybridized carbons (Fsp3) is 0.250. The summed E-state index contributed by atoms with van der Waals surface area (Å²) in [6.45, 7) is 0.468. The molecule has 0 spiro atoms. The summed E-state index contributed by atoms with van der Waals surface area (Å²) in [5.41, 5.74) is 2.49. The van der Waals surface area contributed by atoms with E-state index >= 15 is 0 Å². The number of anilines is 1. The molecule has 3 heterocycles. The van der Waals surface area contributed by atoms with Crippen LogP contribution < -0.4 is 10.6 Å². The molecule has 9 heteroatoms. The lowest BCUT2D eigenvalue weighted by atomic mass is 9.94. The van der Waals surface area contributed by atoms with Gasteiger partial charge in [0.05, 0.1) is 5.56 Å². The molecule has 0 bridgehead atoms. The molecule has 0 saturated carbocycles. The number of ether oxygens (including phenoxy) is 1. The van der Waals surface area contributed by atoms with Crippen molar-refractivity contribution in [1.29, 1.82) is 5.26 Å². The van der Waals surface area contributed by atoms with Gasteiger partial charge in [-0.15, -0.1) is 22.7 Å². The molecule has 1 atom stereocenters. The van der Waals surface area contributed by atoms with Gasteiger partial charge in [0.15, 0.2) is 0 Å². The maximum absolute atomic E-state index is 12.3. The molecule has 4 rings (SSSR count). The summed E-state index contributed by atoms with van der Waals surface area (Å²) in [6.07, 6.45) is 8.47. The van der Waals surface area contributed by atoms with Crippen molar-refractivity contribution >= 4 is 45.8 Å². The number of hydrogen-bond donors (Lipinski definition) is 2. The maximum Gasteiger partial charge on any atom is 0.407 e. The molecule has 7 nitrogen and oxygen atoms in total. The number of alkyl carbamates (subject to hydrolysis) is 1. The lowest BCUT2D eigenvalue weighted by Crippen LogP contribution is -2.33. The maximum atomic E-state index is 12.3. The molecule has 0 fully saturated rings. The number of carbonyl (C=O) groups excluding carboxylic acids is 2. The van der Waals surface area contributed by atoms with Crippen molar-refractivity contribution in [2.75, 3.05) is 11.9 Å². The summed E-state index contributed by atoms with van der Waals surface area (Å²) in [7, 11) is 0. The number of thiophene rings is 2. The Balaban J connectivity index is 1.31. The zero-order valence-electron chi connectivity index (χ0n) is 17.7. The number of aromatic nitrogens is 1. The van der Waals surface area contributed by atoms with Crippen LogP contribution in [-0.2, 0) is 28.8 Å². The highest BCUT2D eigenvalue weighted by molar-refractivity contribution is 7.16. The SMILES string of the molecule is N#Cc1c(NC(=O)C=Cc2cccs2)sc2c1CCC(OC(=O)NCCc1cccnc1)C2. The Hall–Kier alpha value is -3.48. The van der Waals surface area contributed by atoms with Gasteiger partial charge in [-0.05, 0) is 54.0 Å². The molecular weight excluding hydrogens is 456 g/mol. The van der Waals surface area contributed by atoms with Crippen LogP contribution in [0.3, 0.4) is 0 Å². The molecule has 1 aliphatic carbocycles. The lowest BCUT2D eigenvalue weighted by molar-refractivity contribution is -0.111. The fourth-order valence-electron chi connectivity index (χ4n) is 3.61. The molecule has 2 N–H and O–H groups in total. The lowest BCUT2D eigenvalue weighted by Gasteiger charge is -2.22. The standard InChI is InChI=1S/C24H22N4O3S2/c25-14-20-19-7-5-17(31-24(30)27-11-9-16-3-1-10-26-15-16)13-21(19)33-23(20)28-22(29)8-6-18-4-2-12-32-18/h1-4,6,8,10,12,15,17H,5,7,9,11,13H2,(H,27,30)(H,28,29). The van der Waals surface area contributed by atoms with Crippen LogP contribution in [0.4, 0.5) is 9.80 Å². The van der Waals surface area contributed by atoms with Gasteiger partial charge >= 0.3 is 6.09 Å². The van der Waals surface area contributed by atoms with E-state index in [2.05, 4.69) is 21.7 Å². The first-order chi connectivity index (χ1) is 16.1. The van der Waals surface area contributed by atoms with Gasteiger partial charge in [-0.25, -0.2) is 4.79 Å². The van der Waals surface area contributed by atoms with Gasteiger partial charge in [0, 0.05) is 41.2 Å². The number of amides is 2. The zero-order chi connectivity index (χ0) is 23.0. The van der Waals surface area contributed by atoms with Crippen LogP contribution in [-0.4, -0.2) is 29.6 Å². The second-order valence-electron chi connectivity index (χ2n) is 7.47. The van der Waals surface area contributed by atoms with Crippen molar-refractivity contribution in [3.8, 4) is 6.07 Å². The Kier molecular flexibility index (Phi) is 7.50. The summed E-state index contributed by atoms with van der Waals surface area (Å²) < 4.78 is 5.59. The smallest absolute Gasteiger partial charge is 0.407 e. The van der Waals surface area contributed by atoms with E-state index < -0.39 is 6.09 Å². The zero-order valence-corrected chi connectivity index (χ0v) is 19.4. The molecule has 0 aliphatic heterocycles. The minimum atomic E-state index is -0.448. The van der Waals surface area contributed by atoms with Crippen LogP contribution in [0.15, 0.2) is 48.1 Å². The van der Waals surface area contributed by atoms with E-state index in [0.717, 1.165) is 20.9 Å². The third kappa shape index (κ3) is 6.06. The minimum Gasteiger partial charge on any atom is -0.446 e. The van der Waals surface area contributed by atoms with Crippen molar-refractivity contribution in [3.05, 3.63) is 74.6 Å². The van der Waals surface area contributed by atoms with E-state index in [1.165, 1.54) is 17.4 Å². The molecule has 0 saturated heterocycles. The highest BCUT2D eigenvalue weighted by Crippen LogP contribution is 2.38. The average Bonchev–Trinajstić information content (AvgIpc) is 3.45. The number of rotatable bonds is 7. The largest absolute Gasteiger partial charge is 0.446 e. The third-order valence-corrected chi connectivity index (χ3v) is 7.20. The number of hydrogen-bond acceptors (Lipinski definition) is 7. The number of fused-ring (bicyclic) bond motifs is 1. The highest BCUT2D eigenvalue weighted by atomic mass is 32.1. The molecule has 0 radical (unpaired) electrons. The molecule has 2 amide bonds. The van der Waals surface area contributed by atoms with Gasteiger partial charge in [-0.2, -0.15) is 5.26 Å². The van der Waals surface area contributed by atoms with E-state index in [4.69, 9.17) is 4.74 Å². The second-order valence-corrected chi connectivity index (χ2v) is 9.55. The van der Waals surface area contributed by atoms with Crippen molar-refractivity contribution in [2.45, 2.75) is 31.8 Å². The van der Waals surface area contributed by atoms with Gasteiger partial charge < -0.3 is 15.4 Å². The number of nitrogens with one attached hydrogen (secondary N) is 2. The summed E-state index contributed by atoms with van der Waals surface area (Å²) in [6, 6.07) is 9.89. The van der Waals surface area contributed by atoms with Crippen molar-refractivity contribution in [3.63, 3.8) is 0 Å². The number of carbonyl (C=O) groups is 2. The van der Waals surface area contributed by atoms with Gasteiger partial charge in [0.2, 0.25) is 5.91 Å². The third-order valence-electron chi connectivity index (χ3n) is 5.19. The van der Waals surface area contributed by atoms with Crippen LogP contribution in [0.1, 0.15) is 32.9 Å². The number of pyridine rings is 1. The van der Waals surface area contributed by atoms with E-state index in [9.17, 15) is 14.9 Å². The topological polar surface area (TPSA) is 104 Å². The molecule has 3 aromatic heterocycles. The first-order valence-electron chi connectivity index (χ1n) is 10.5. The van der Waals surface area contributed by atoms with Crippen LogP contribution >= 0.6 is 22.7 Å². The second kappa shape index (κ2) is 10.9. The summed E-state index contributed by atoms with van der Waals surface area (Å²) in [5.74, 6) is -0.278. The molecule has 33 heavy (non-hydrogen) atoms. The van der Waals surface area contributed by atoms with Crippen molar-refractivity contribution < 1.29 is 14.3 Å². The summed E-state index contributed by atoms with van der Waals surface area (Å²) in [4.78, 5) is 30.5. The van der Waals surface area contributed by atoms with E-state index in [0.29, 0.717) is 42.8 Å². The molecule has 0 aromatic carbocycles. The minimum absolute atomic E-state index is 0.261. The van der Waals surface area contributed by atoms with Gasteiger partial charge in [-0.3, -0.25) is 9.78 Å². The van der Waals surface area contributed by atoms with Crippen LogP contribution in [0.2, 0.25) is 0 Å². The molecular formula is C24H22N4O3S2. The van der Waals surface area contributed by atoms with Gasteiger partial charge in [0.25, 0.3) is 0 Å². The highest BCUT2D eigenvalue weighted by Gasteiger charge is 2.28. The summed E-state index contributed by atoms with van der Waals surface area (Å²) in [5, 5.41) is 17.7. The molecule has 3 aromatic rings. The average molecular weight is 479 g/mol. The van der Waals surface area contributed by atoms with Crippen LogP contribution in [0.5, 0.6) is 0 Å². The Morgan fingerprint density at radius 1 is 1.33 bits per heavy atom. The Morgan fingerprint density at radius 2 is 2.24 bits per heavy atom. The predicted octanol–water partition coefficient (Wildman–Crippen LogP) is 4.55. The van der Waals surface area contributed by atoms with Crippen molar-refractivity contribution in [1.82, 2.24) is 10.3 Å². The monoisotopic (exact) mass is 478 g/mol. The van der Waals surface area contributed by atoms with E-state index in [-0.39, 0.29) is 12.0 Å². The molecule has 168 valence electrons. The summed E-state index contributed by atoms with van der Waals surface area (Å²) >= 11 is 2.92. The first-order valence-corrected chi connectivity index (χ1v) is 12.2. The Morgan fingerprint density at radius 3 is 3.00 bits per heavy atom. The van der Waals surface area contributed by atoms with Gasteiger partial charge in [-0.1, -0.05) is 12.1 Å². The first kappa shape index (κ1) is 22.7. The molecule has 1 unspecified atom stereocenters. The van der Waals surface area contributed by atoms with Gasteiger partial charge in [0.1, 0.15) is 17.2 Å². The van der Waals surface area contributed by atoms with E-state index in [1.807, 2.05) is 29.6 Å². The molecule has 1 aliphatic rings. The number of nitriles is 1. The Bertz CT molecular complexity index is 1180. The fourth-order valence-corrected chi connectivity index (χ4v) is 5.49. The Labute approximate surface area is 199 Å². The number of nitrogens with zero attached hydrogens (tertiary/aromatic N) is 2. The van der Waals surface area contributed by atoms with Crippen molar-refractivity contribution in [2.24, 2.45) is 0 Å². The quantitative estimate of drug-likeness (QED) is 0.485. The van der Waals surface area contributed by atoms with E-state index in [1.54, 1.807) is 29.8 Å². The normalized spacial score (nSPS) is 14.9. The predicted molar refractivity (Wildman–Crippen MR) is 129 cm³/mol. The van der Waals surface area contributed by atoms with Crippen LogP contribution in [0.25, 0.3) is 6.08 Å².